The molecule has 0 fully saturated rings. The molecule has 35 heteroatoms. The van der Waals surface area contributed by atoms with Crippen molar-refractivity contribution in [2.45, 2.75) is 59.6 Å². The van der Waals surface area contributed by atoms with Crippen LogP contribution in [0.5, 0.6) is 0 Å². The van der Waals surface area contributed by atoms with Crippen LogP contribution >= 0.6 is 8.25 Å². The molecular formula is C18H20F20O12PS2+. The summed E-state index contributed by atoms with van der Waals surface area (Å²) in [6.07, 6.45) is -37.8. The van der Waals surface area contributed by atoms with Crippen molar-refractivity contribution < 1.29 is 143 Å². The average molecular weight is 903 g/mol. The van der Waals surface area contributed by atoms with E-state index in [1.807, 2.05) is 0 Å². The lowest BCUT2D eigenvalue weighted by atomic mass is 10.3. The maximum absolute atomic E-state index is 13.4. The number of aliphatic hydroxyl groups is 1. The summed E-state index contributed by atoms with van der Waals surface area (Å²) in [5.41, 5.74) is 0. The Hall–Kier alpha value is -1.68. The summed E-state index contributed by atoms with van der Waals surface area (Å²) in [4.78, 5) is 8.20. The minimum absolute atomic E-state index is 0.535. The number of hydrogen-bond acceptors (Lipinski definition) is 11. The lowest BCUT2D eigenvalue weighted by Crippen LogP contribution is -2.56. The predicted octanol–water partition coefficient (Wildman–Crippen LogP) is 4.89. The van der Waals surface area contributed by atoms with Crippen molar-refractivity contribution in [3.8, 4) is 0 Å². The number of rotatable bonds is 22. The third-order valence-corrected chi connectivity index (χ3v) is 8.80. The van der Waals surface area contributed by atoms with Crippen molar-refractivity contribution in [3.05, 3.63) is 0 Å². The quantitative estimate of drug-likeness (QED) is 0.0859. The molecule has 3 atom stereocenters. The Kier molecular flexibility index (Phi) is 19.1. The summed E-state index contributed by atoms with van der Waals surface area (Å²) in [5, 5.41) is -3.58. The van der Waals surface area contributed by atoms with Gasteiger partial charge in [-0.05, 0) is 0 Å². The molecule has 2 N–H and O–H groups in total. The van der Waals surface area contributed by atoms with Crippen LogP contribution in [0.25, 0.3) is 0 Å². The molecule has 0 aliphatic carbocycles. The predicted molar refractivity (Wildman–Crippen MR) is 126 cm³/mol. The summed E-state index contributed by atoms with van der Waals surface area (Å²) in [7, 11) is -15.1. The van der Waals surface area contributed by atoms with E-state index >= 15 is 0 Å². The molecule has 0 amide bonds. The Morgan fingerprint density at radius 2 is 0.830 bits per heavy atom. The van der Waals surface area contributed by atoms with E-state index in [9.17, 15) is 109 Å². The summed E-state index contributed by atoms with van der Waals surface area (Å²) >= 11 is 0. The van der Waals surface area contributed by atoms with E-state index in [1.54, 1.807) is 0 Å². The van der Waals surface area contributed by atoms with Crippen molar-refractivity contribution in [3.63, 3.8) is 0 Å². The second kappa shape index (κ2) is 19.0. The van der Waals surface area contributed by atoms with Gasteiger partial charge in [0.25, 0.3) is 12.7 Å². The molecular weight excluding hydrogens is 883 g/mol. The van der Waals surface area contributed by atoms with Crippen LogP contribution in [0.1, 0.15) is 0 Å². The molecule has 3 unspecified atom stereocenters. The van der Waals surface area contributed by atoms with Gasteiger partial charge >= 0.3 is 55.2 Å². The summed E-state index contributed by atoms with van der Waals surface area (Å²) in [6.45, 7) is -4.70. The number of sulfone groups is 2. The lowest BCUT2D eigenvalue weighted by Gasteiger charge is -2.30. The van der Waals surface area contributed by atoms with E-state index in [0.717, 1.165) is 0 Å². The molecule has 0 aliphatic heterocycles. The molecule has 53 heavy (non-hydrogen) atoms. The van der Waals surface area contributed by atoms with Crippen LogP contribution in [0.3, 0.4) is 0 Å². The van der Waals surface area contributed by atoms with E-state index in [0.29, 0.717) is 0 Å². The molecule has 0 bridgehead atoms. The summed E-state index contributed by atoms with van der Waals surface area (Å²) in [6, 6.07) is 0. The number of ether oxygens (including phenoxy) is 4. The fraction of sp³-hybridized carbons (Fsp3) is 1.00. The van der Waals surface area contributed by atoms with E-state index < -0.39 is 139 Å². The van der Waals surface area contributed by atoms with E-state index in [1.165, 1.54) is 0 Å². The van der Waals surface area contributed by atoms with Crippen LogP contribution in [0.4, 0.5) is 87.8 Å². The molecule has 0 spiro atoms. The molecule has 0 aromatic carbocycles. The van der Waals surface area contributed by atoms with Crippen LogP contribution in [0.15, 0.2) is 0 Å². The Balaban J connectivity index is 0. The van der Waals surface area contributed by atoms with Crippen LogP contribution < -0.4 is 0 Å². The van der Waals surface area contributed by atoms with Crippen LogP contribution in [-0.2, 0) is 47.7 Å². The van der Waals surface area contributed by atoms with Gasteiger partial charge in [-0.15, -0.1) is 9.42 Å². The van der Waals surface area contributed by atoms with Gasteiger partial charge in [0.15, 0.2) is 0 Å². The third-order valence-electron chi connectivity index (χ3n) is 4.96. The molecule has 0 saturated heterocycles. The van der Waals surface area contributed by atoms with Crippen LogP contribution in [0, 0.1) is 0 Å². The zero-order valence-electron chi connectivity index (χ0n) is 24.6. The van der Waals surface area contributed by atoms with Gasteiger partial charge in [-0.1, -0.05) is 0 Å². The highest BCUT2D eigenvalue weighted by Gasteiger charge is 2.77. The molecule has 0 aromatic rings. The Bertz CT molecular complexity index is 1380. The average Bonchev–Trinajstić information content (AvgIpc) is 2.95. The van der Waals surface area contributed by atoms with Crippen molar-refractivity contribution in [2.24, 2.45) is 0 Å². The van der Waals surface area contributed by atoms with Crippen molar-refractivity contribution >= 4 is 27.9 Å². The molecule has 0 rings (SSSR count). The Labute approximate surface area is 282 Å². The van der Waals surface area contributed by atoms with Crippen molar-refractivity contribution in [1.82, 2.24) is 0 Å². The van der Waals surface area contributed by atoms with E-state index in [2.05, 4.69) is 23.5 Å². The monoisotopic (exact) mass is 903 g/mol. The molecule has 0 radical (unpaired) electrons. The van der Waals surface area contributed by atoms with Gasteiger partial charge in [0.2, 0.25) is 19.7 Å². The molecule has 0 saturated carbocycles. The normalized spacial score (nSPS) is 16.2. The largest absolute Gasteiger partial charge is 0.694 e. The van der Waals surface area contributed by atoms with Crippen LogP contribution in [-0.4, -0.2) is 138 Å². The smallest absolute Gasteiger partial charge is 0.394 e. The first kappa shape index (κ1) is 53.4. The van der Waals surface area contributed by atoms with Crippen molar-refractivity contribution in [2.75, 3.05) is 51.1 Å². The molecule has 0 heterocycles. The van der Waals surface area contributed by atoms with Gasteiger partial charge in [0.1, 0.15) is 6.61 Å². The third kappa shape index (κ3) is 14.1. The van der Waals surface area contributed by atoms with Crippen molar-refractivity contribution in [1.29, 1.82) is 0 Å². The fourth-order valence-corrected chi connectivity index (χ4v) is 4.32. The standard InChI is InChI=1S/C9H9F10O7PS.C9H10F10O5S/c10-5(26-9(18,19)7(13,14)8(15,16)17)6(11,12)28(22,23)4-3-24-1-2-25-27(20)21;10-5(24-9(18,19)7(13,14)8(15,16)17)6(11,12)25(21,22)4-3-23-2-1-20/h5H,1-4H2;5,20H,1-4H2/p+1. The summed E-state index contributed by atoms with van der Waals surface area (Å²) < 4.78 is 323. The second-order valence-corrected chi connectivity index (χ2v) is 13.9. The first-order valence-corrected chi connectivity index (χ1v) is 16.7. The minimum atomic E-state index is -7.11. The number of alkyl halides is 20. The number of hydrogen-bond donors (Lipinski definition) is 2. The van der Waals surface area contributed by atoms with Gasteiger partial charge in [-0.25, -0.2) is 25.6 Å². The topological polar surface area (TPSA) is 172 Å². The van der Waals surface area contributed by atoms with E-state index in [-0.39, 0.29) is 0 Å². The molecule has 0 aromatic heterocycles. The van der Waals surface area contributed by atoms with E-state index in [4.69, 9.17) is 10.00 Å². The lowest BCUT2D eigenvalue weighted by molar-refractivity contribution is -0.446. The number of halogens is 20. The first-order valence-electron chi connectivity index (χ1n) is 12.3. The summed E-state index contributed by atoms with van der Waals surface area (Å²) in [5.74, 6) is -17.7. The molecule has 320 valence electrons. The number of aliphatic hydroxyl groups excluding tert-OH is 1. The fourth-order valence-electron chi connectivity index (χ4n) is 2.21. The van der Waals surface area contributed by atoms with Gasteiger partial charge in [-0.2, -0.15) is 79.0 Å². The highest BCUT2D eigenvalue weighted by atomic mass is 32.2. The first-order chi connectivity index (χ1) is 23.2. The minimum Gasteiger partial charge on any atom is -0.394 e. The Morgan fingerprint density at radius 1 is 0.528 bits per heavy atom. The Morgan fingerprint density at radius 3 is 1.09 bits per heavy atom. The highest BCUT2D eigenvalue weighted by molar-refractivity contribution is 7.92. The van der Waals surface area contributed by atoms with Gasteiger partial charge in [0, 0.05) is 4.57 Å². The zero-order valence-corrected chi connectivity index (χ0v) is 27.1. The zero-order chi connectivity index (χ0) is 42.9. The second-order valence-electron chi connectivity index (χ2n) is 8.83. The van der Waals surface area contributed by atoms with Gasteiger partial charge < -0.3 is 14.6 Å². The molecule has 0 aliphatic rings. The molecule has 12 nitrogen and oxygen atoms in total. The van der Waals surface area contributed by atoms with Gasteiger partial charge in [0.05, 0.1) is 44.5 Å². The highest BCUT2D eigenvalue weighted by Crippen LogP contribution is 2.50. The SMILES string of the molecule is O=S(=O)(CCOCCO)C(F)(F)C(F)OC(F)(F)C(F)(F)C(F)(F)F.O=[P+](O)OCCOCCS(=O)(=O)C(F)(F)C(F)OC(F)(F)C(F)(F)C(F)(F)F. The maximum Gasteiger partial charge on any atom is 0.694 e. The maximum atomic E-state index is 13.4. The van der Waals surface area contributed by atoms with Crippen LogP contribution in [0.2, 0.25) is 0 Å². The van der Waals surface area contributed by atoms with Gasteiger partial charge in [-0.3, -0.25) is 9.47 Å².